The highest BCUT2D eigenvalue weighted by Gasteiger charge is 2.34. The minimum atomic E-state index is -0.956. The molecular formula is C16H21NO2. The molecule has 0 aliphatic heterocycles. The summed E-state index contributed by atoms with van der Waals surface area (Å²) in [5.74, 6) is 0. The Hall–Kier alpha value is -1.90. The number of rotatable bonds is 5. The smallest absolute Gasteiger partial charge is 0.241 e. The Morgan fingerprint density at radius 2 is 2.26 bits per heavy atom. The summed E-state index contributed by atoms with van der Waals surface area (Å²) in [6.07, 6.45) is 17.1. The van der Waals surface area contributed by atoms with Gasteiger partial charge in [-0.1, -0.05) is 49.5 Å². The molecule has 1 aliphatic carbocycles. The molecule has 0 aromatic rings. The first-order valence-corrected chi connectivity index (χ1v) is 6.56. The van der Waals surface area contributed by atoms with Crippen molar-refractivity contribution in [3.63, 3.8) is 0 Å². The van der Waals surface area contributed by atoms with Crippen molar-refractivity contribution in [2.24, 2.45) is 0 Å². The van der Waals surface area contributed by atoms with Crippen LogP contribution < -0.4 is 0 Å². The highest BCUT2D eigenvalue weighted by molar-refractivity contribution is 5.41. The van der Waals surface area contributed by atoms with E-state index in [2.05, 4.69) is 13.0 Å². The molecule has 19 heavy (non-hydrogen) atoms. The Morgan fingerprint density at radius 1 is 1.53 bits per heavy atom. The molecule has 0 aromatic carbocycles. The van der Waals surface area contributed by atoms with Crippen LogP contribution in [0.15, 0.2) is 59.8 Å². The van der Waals surface area contributed by atoms with Crippen LogP contribution in [0.5, 0.6) is 0 Å². The maximum atomic E-state index is 10.9. The van der Waals surface area contributed by atoms with E-state index in [1.165, 1.54) is 0 Å². The summed E-state index contributed by atoms with van der Waals surface area (Å²) in [5, 5.41) is 10.9. The minimum absolute atomic E-state index is 0.233. The molecule has 0 N–H and O–H groups in total. The van der Waals surface area contributed by atoms with Crippen LogP contribution >= 0.6 is 0 Å². The van der Waals surface area contributed by atoms with Crippen molar-refractivity contribution in [1.82, 2.24) is 0 Å². The van der Waals surface area contributed by atoms with Crippen molar-refractivity contribution in [3.05, 3.63) is 69.9 Å². The quantitative estimate of drug-likeness (QED) is 0.418. The molecule has 0 spiro atoms. The standard InChI is InChI=1S/C16H21NO2/c1-4-6-14(7-5-2)8-9-15-10-12-16(3,13-11-15)17(18)19/h4,6-12H,5,13H2,1-3H3/b6-4-,9-8?,14-7?. The van der Waals surface area contributed by atoms with E-state index < -0.39 is 5.54 Å². The number of hydrogen-bond donors (Lipinski definition) is 0. The topological polar surface area (TPSA) is 43.1 Å². The lowest BCUT2D eigenvalue weighted by atomic mass is 9.91. The molecule has 3 nitrogen and oxygen atoms in total. The van der Waals surface area contributed by atoms with Gasteiger partial charge in [0.05, 0.1) is 0 Å². The van der Waals surface area contributed by atoms with Gasteiger partial charge in [0.2, 0.25) is 5.54 Å². The number of nitro groups is 1. The highest BCUT2D eigenvalue weighted by Crippen LogP contribution is 2.24. The molecule has 1 unspecified atom stereocenters. The van der Waals surface area contributed by atoms with Crippen LogP contribution in [0.1, 0.15) is 33.6 Å². The molecule has 0 radical (unpaired) electrons. The van der Waals surface area contributed by atoms with Gasteiger partial charge in [0, 0.05) is 18.3 Å². The first-order chi connectivity index (χ1) is 9.01. The Bertz CT molecular complexity index is 481. The van der Waals surface area contributed by atoms with E-state index in [1.54, 1.807) is 13.0 Å². The summed E-state index contributed by atoms with van der Waals surface area (Å²) >= 11 is 0. The molecular weight excluding hydrogens is 238 g/mol. The van der Waals surface area contributed by atoms with Gasteiger partial charge in [-0.25, -0.2) is 0 Å². The molecule has 0 saturated carbocycles. The van der Waals surface area contributed by atoms with Gasteiger partial charge in [0.25, 0.3) is 0 Å². The monoisotopic (exact) mass is 259 g/mol. The third kappa shape index (κ3) is 4.36. The zero-order valence-corrected chi connectivity index (χ0v) is 11.8. The maximum absolute atomic E-state index is 10.9. The largest absolute Gasteiger partial charge is 0.264 e. The van der Waals surface area contributed by atoms with Crippen LogP contribution in [0.4, 0.5) is 0 Å². The van der Waals surface area contributed by atoms with Crippen molar-refractivity contribution in [1.29, 1.82) is 0 Å². The van der Waals surface area contributed by atoms with Crippen molar-refractivity contribution < 1.29 is 4.92 Å². The van der Waals surface area contributed by atoms with Gasteiger partial charge in [0.1, 0.15) is 0 Å². The molecule has 0 aromatic heterocycles. The predicted molar refractivity (Wildman–Crippen MR) is 79.6 cm³/mol. The maximum Gasteiger partial charge on any atom is 0.241 e. The molecule has 0 amide bonds. The minimum Gasteiger partial charge on any atom is -0.264 e. The molecule has 1 atom stereocenters. The lowest BCUT2D eigenvalue weighted by Crippen LogP contribution is -2.32. The summed E-state index contributed by atoms with van der Waals surface area (Å²) < 4.78 is 0. The fourth-order valence-corrected chi connectivity index (χ4v) is 1.81. The van der Waals surface area contributed by atoms with Crippen LogP contribution in [-0.4, -0.2) is 10.5 Å². The average Bonchev–Trinajstić information content (AvgIpc) is 2.38. The SMILES string of the molecule is C/C=C\C(C=CC1=CCC(C)([N+](=O)[O-])C=C1)=CCC. The Balaban J connectivity index is 2.76. The fraction of sp³-hybridized carbons (Fsp3) is 0.375. The van der Waals surface area contributed by atoms with Crippen LogP contribution in [0.2, 0.25) is 0 Å². The van der Waals surface area contributed by atoms with Crippen LogP contribution in [-0.2, 0) is 0 Å². The molecule has 0 bridgehead atoms. The highest BCUT2D eigenvalue weighted by atomic mass is 16.6. The Labute approximate surface area is 114 Å². The van der Waals surface area contributed by atoms with E-state index in [1.807, 2.05) is 43.4 Å². The van der Waals surface area contributed by atoms with Gasteiger partial charge in [-0.05, 0) is 30.6 Å². The van der Waals surface area contributed by atoms with Gasteiger partial charge in [0.15, 0.2) is 0 Å². The third-order valence-corrected chi connectivity index (χ3v) is 3.07. The molecule has 1 rings (SSSR count). The van der Waals surface area contributed by atoms with E-state index in [4.69, 9.17) is 0 Å². The van der Waals surface area contributed by atoms with E-state index in [0.29, 0.717) is 6.42 Å². The van der Waals surface area contributed by atoms with Gasteiger partial charge >= 0.3 is 0 Å². The number of allylic oxidation sites excluding steroid dienone is 8. The van der Waals surface area contributed by atoms with E-state index in [-0.39, 0.29) is 4.92 Å². The van der Waals surface area contributed by atoms with Crippen molar-refractivity contribution in [2.45, 2.75) is 39.2 Å². The van der Waals surface area contributed by atoms with Crippen LogP contribution in [0, 0.1) is 10.1 Å². The van der Waals surface area contributed by atoms with E-state index in [0.717, 1.165) is 17.6 Å². The van der Waals surface area contributed by atoms with E-state index in [9.17, 15) is 10.1 Å². The van der Waals surface area contributed by atoms with Crippen molar-refractivity contribution in [3.8, 4) is 0 Å². The van der Waals surface area contributed by atoms with Gasteiger partial charge in [-0.15, -0.1) is 0 Å². The zero-order chi connectivity index (χ0) is 14.3. The summed E-state index contributed by atoms with van der Waals surface area (Å²) in [5.41, 5.74) is 1.22. The predicted octanol–water partition coefficient (Wildman–Crippen LogP) is 4.38. The summed E-state index contributed by atoms with van der Waals surface area (Å²) in [6.45, 7) is 5.72. The zero-order valence-electron chi connectivity index (χ0n) is 11.8. The van der Waals surface area contributed by atoms with Gasteiger partial charge < -0.3 is 0 Å². The van der Waals surface area contributed by atoms with Gasteiger partial charge in [-0.3, -0.25) is 10.1 Å². The second kappa shape index (κ2) is 6.88. The third-order valence-electron chi connectivity index (χ3n) is 3.07. The lowest BCUT2D eigenvalue weighted by Gasteiger charge is -2.18. The number of nitrogens with zero attached hydrogens (tertiary/aromatic N) is 1. The van der Waals surface area contributed by atoms with Crippen molar-refractivity contribution >= 4 is 0 Å². The van der Waals surface area contributed by atoms with Crippen molar-refractivity contribution in [2.75, 3.05) is 0 Å². The van der Waals surface area contributed by atoms with E-state index >= 15 is 0 Å². The summed E-state index contributed by atoms with van der Waals surface area (Å²) in [7, 11) is 0. The summed E-state index contributed by atoms with van der Waals surface area (Å²) in [6, 6.07) is 0. The first-order valence-electron chi connectivity index (χ1n) is 6.56. The molecule has 0 heterocycles. The fourth-order valence-electron chi connectivity index (χ4n) is 1.81. The molecule has 3 heteroatoms. The number of hydrogen-bond acceptors (Lipinski definition) is 2. The first kappa shape index (κ1) is 15.2. The molecule has 0 fully saturated rings. The van der Waals surface area contributed by atoms with Crippen LogP contribution in [0.25, 0.3) is 0 Å². The lowest BCUT2D eigenvalue weighted by molar-refractivity contribution is -0.549. The molecule has 0 saturated heterocycles. The summed E-state index contributed by atoms with van der Waals surface area (Å²) in [4.78, 5) is 10.7. The van der Waals surface area contributed by atoms with Gasteiger partial charge in [-0.2, -0.15) is 0 Å². The molecule has 102 valence electrons. The second-order valence-corrected chi connectivity index (χ2v) is 4.80. The molecule has 1 aliphatic rings. The average molecular weight is 259 g/mol. The Morgan fingerprint density at radius 3 is 2.74 bits per heavy atom. The Kier molecular flexibility index (Phi) is 5.49. The second-order valence-electron chi connectivity index (χ2n) is 4.80. The normalized spacial score (nSPS) is 24.2. The van der Waals surface area contributed by atoms with Crippen LogP contribution in [0.3, 0.4) is 0 Å².